The molecular weight excluding hydrogens is 240 g/mol. The maximum absolute atomic E-state index is 11.5. The van der Waals surface area contributed by atoms with Gasteiger partial charge in [-0.3, -0.25) is 10.1 Å². The molecule has 1 aliphatic rings. The molecule has 4 heteroatoms. The zero-order valence-electron chi connectivity index (χ0n) is 11.5. The SMILES string of the molecule is CC(C)C(NC1CCCc2ccc(O)cc21)C(N)=O. The predicted octanol–water partition coefficient (Wildman–Crippen LogP) is 1.87. The van der Waals surface area contributed by atoms with Crippen LogP contribution in [0.15, 0.2) is 18.2 Å². The summed E-state index contributed by atoms with van der Waals surface area (Å²) in [5, 5.41) is 13.0. The van der Waals surface area contributed by atoms with Gasteiger partial charge in [0.25, 0.3) is 0 Å². The summed E-state index contributed by atoms with van der Waals surface area (Å²) < 4.78 is 0. The molecule has 0 radical (unpaired) electrons. The Morgan fingerprint density at radius 3 is 2.84 bits per heavy atom. The highest BCUT2D eigenvalue weighted by Crippen LogP contribution is 2.32. The van der Waals surface area contributed by atoms with Gasteiger partial charge in [0.15, 0.2) is 0 Å². The van der Waals surface area contributed by atoms with E-state index in [-0.39, 0.29) is 29.7 Å². The van der Waals surface area contributed by atoms with Gasteiger partial charge in [0.05, 0.1) is 6.04 Å². The minimum Gasteiger partial charge on any atom is -0.508 e. The standard InChI is InChI=1S/C15H22N2O2/c1-9(2)14(15(16)19)17-13-5-3-4-10-6-7-11(18)8-12(10)13/h6-9,13-14,17-18H,3-5H2,1-2H3,(H2,16,19). The van der Waals surface area contributed by atoms with Crippen LogP contribution in [0.1, 0.15) is 43.9 Å². The normalized spacial score (nSPS) is 20.1. The van der Waals surface area contributed by atoms with Gasteiger partial charge in [0.1, 0.15) is 5.75 Å². The number of carbonyl (C=O) groups excluding carboxylic acids is 1. The van der Waals surface area contributed by atoms with Crippen molar-refractivity contribution in [2.24, 2.45) is 11.7 Å². The highest BCUT2D eigenvalue weighted by Gasteiger charge is 2.27. The van der Waals surface area contributed by atoms with Crippen LogP contribution >= 0.6 is 0 Å². The van der Waals surface area contributed by atoms with Crippen molar-refractivity contribution in [3.63, 3.8) is 0 Å². The number of nitrogens with two attached hydrogens (primary N) is 1. The number of carbonyl (C=O) groups is 1. The minimum atomic E-state index is -0.335. The van der Waals surface area contributed by atoms with E-state index in [1.54, 1.807) is 12.1 Å². The van der Waals surface area contributed by atoms with E-state index in [4.69, 9.17) is 5.73 Å². The molecule has 2 atom stereocenters. The third-order valence-electron chi connectivity index (χ3n) is 3.80. The summed E-state index contributed by atoms with van der Waals surface area (Å²) in [4.78, 5) is 11.5. The Morgan fingerprint density at radius 1 is 1.47 bits per heavy atom. The molecule has 2 rings (SSSR count). The summed E-state index contributed by atoms with van der Waals surface area (Å²) in [5.41, 5.74) is 7.79. The number of nitrogens with one attached hydrogen (secondary N) is 1. The lowest BCUT2D eigenvalue weighted by atomic mass is 9.86. The topological polar surface area (TPSA) is 75.3 Å². The van der Waals surface area contributed by atoms with Crippen LogP contribution in [0.3, 0.4) is 0 Å². The first-order valence-corrected chi connectivity index (χ1v) is 6.86. The first-order valence-electron chi connectivity index (χ1n) is 6.86. The van der Waals surface area contributed by atoms with Crippen molar-refractivity contribution in [2.45, 2.75) is 45.2 Å². The average Bonchev–Trinajstić information content (AvgIpc) is 2.35. The maximum atomic E-state index is 11.5. The lowest BCUT2D eigenvalue weighted by Crippen LogP contribution is -2.47. The third kappa shape index (κ3) is 3.07. The van der Waals surface area contributed by atoms with Crippen LogP contribution < -0.4 is 11.1 Å². The second-order valence-corrected chi connectivity index (χ2v) is 5.62. The van der Waals surface area contributed by atoms with Crippen molar-refractivity contribution in [2.75, 3.05) is 0 Å². The van der Waals surface area contributed by atoms with Crippen LogP contribution in [0.25, 0.3) is 0 Å². The molecule has 2 unspecified atom stereocenters. The number of amides is 1. The second kappa shape index (κ2) is 5.61. The monoisotopic (exact) mass is 262 g/mol. The van der Waals surface area contributed by atoms with E-state index >= 15 is 0 Å². The molecule has 0 heterocycles. The van der Waals surface area contributed by atoms with Gasteiger partial charge in [0, 0.05) is 6.04 Å². The first kappa shape index (κ1) is 13.9. The lowest BCUT2D eigenvalue weighted by Gasteiger charge is -2.31. The highest BCUT2D eigenvalue weighted by molar-refractivity contribution is 5.80. The molecule has 104 valence electrons. The van der Waals surface area contributed by atoms with E-state index in [9.17, 15) is 9.90 Å². The minimum absolute atomic E-state index is 0.0933. The van der Waals surface area contributed by atoms with Gasteiger partial charge in [-0.15, -0.1) is 0 Å². The van der Waals surface area contributed by atoms with Crippen molar-refractivity contribution in [1.82, 2.24) is 5.32 Å². The predicted molar refractivity (Wildman–Crippen MR) is 74.7 cm³/mol. The average molecular weight is 262 g/mol. The summed E-state index contributed by atoms with van der Waals surface area (Å²) >= 11 is 0. The number of hydrogen-bond acceptors (Lipinski definition) is 3. The lowest BCUT2D eigenvalue weighted by molar-refractivity contribution is -0.121. The molecule has 0 aromatic heterocycles. The van der Waals surface area contributed by atoms with Crippen molar-refractivity contribution in [3.8, 4) is 5.75 Å². The number of phenolic OH excluding ortho intramolecular Hbond substituents is 1. The van der Waals surface area contributed by atoms with E-state index in [1.807, 2.05) is 19.9 Å². The fourth-order valence-electron chi connectivity index (χ4n) is 2.78. The van der Waals surface area contributed by atoms with Crippen LogP contribution in [-0.2, 0) is 11.2 Å². The Hall–Kier alpha value is -1.55. The molecule has 1 amide bonds. The summed E-state index contributed by atoms with van der Waals surface area (Å²) in [6.45, 7) is 3.96. The zero-order valence-corrected chi connectivity index (χ0v) is 11.5. The van der Waals surface area contributed by atoms with E-state index in [0.29, 0.717) is 0 Å². The molecule has 0 fully saturated rings. The van der Waals surface area contributed by atoms with Gasteiger partial charge in [0.2, 0.25) is 5.91 Å². The third-order valence-corrected chi connectivity index (χ3v) is 3.80. The maximum Gasteiger partial charge on any atom is 0.234 e. The molecule has 1 aliphatic carbocycles. The summed E-state index contributed by atoms with van der Waals surface area (Å²) in [6, 6.07) is 5.24. The fraction of sp³-hybridized carbons (Fsp3) is 0.533. The second-order valence-electron chi connectivity index (χ2n) is 5.62. The molecule has 0 aliphatic heterocycles. The number of aryl methyl sites for hydroxylation is 1. The molecule has 0 spiro atoms. The van der Waals surface area contributed by atoms with Crippen LogP contribution in [0.4, 0.5) is 0 Å². The number of phenols is 1. The summed E-state index contributed by atoms with van der Waals surface area (Å²) in [5.74, 6) is 0.107. The molecule has 4 N–H and O–H groups in total. The summed E-state index contributed by atoms with van der Waals surface area (Å²) in [7, 11) is 0. The number of hydrogen-bond donors (Lipinski definition) is 3. The molecule has 4 nitrogen and oxygen atoms in total. The van der Waals surface area contributed by atoms with Crippen LogP contribution in [0, 0.1) is 5.92 Å². The number of benzene rings is 1. The number of rotatable bonds is 4. The molecule has 1 aromatic rings. The number of aromatic hydroxyl groups is 1. The zero-order chi connectivity index (χ0) is 14.0. The van der Waals surface area contributed by atoms with Crippen molar-refractivity contribution >= 4 is 5.91 Å². The smallest absolute Gasteiger partial charge is 0.234 e. The molecule has 19 heavy (non-hydrogen) atoms. The van der Waals surface area contributed by atoms with E-state index < -0.39 is 0 Å². The number of fused-ring (bicyclic) bond motifs is 1. The van der Waals surface area contributed by atoms with Gasteiger partial charge in [-0.1, -0.05) is 19.9 Å². The van der Waals surface area contributed by atoms with E-state index in [1.165, 1.54) is 5.56 Å². The quantitative estimate of drug-likeness (QED) is 0.775. The Labute approximate surface area is 114 Å². The molecule has 0 bridgehead atoms. The van der Waals surface area contributed by atoms with Gasteiger partial charge in [-0.25, -0.2) is 0 Å². The van der Waals surface area contributed by atoms with Crippen LogP contribution in [0.5, 0.6) is 5.75 Å². The molecular formula is C15H22N2O2. The van der Waals surface area contributed by atoms with Crippen LogP contribution in [0.2, 0.25) is 0 Å². The number of primary amides is 1. The Morgan fingerprint density at radius 2 is 2.21 bits per heavy atom. The van der Waals surface area contributed by atoms with E-state index in [2.05, 4.69) is 5.32 Å². The fourth-order valence-corrected chi connectivity index (χ4v) is 2.78. The van der Waals surface area contributed by atoms with Crippen LogP contribution in [-0.4, -0.2) is 17.1 Å². The van der Waals surface area contributed by atoms with Gasteiger partial charge in [-0.05, 0) is 48.4 Å². The summed E-state index contributed by atoms with van der Waals surface area (Å²) in [6.07, 6.45) is 3.07. The highest BCUT2D eigenvalue weighted by atomic mass is 16.3. The molecule has 0 saturated heterocycles. The van der Waals surface area contributed by atoms with E-state index in [0.717, 1.165) is 24.8 Å². The van der Waals surface area contributed by atoms with Gasteiger partial charge in [-0.2, -0.15) is 0 Å². The van der Waals surface area contributed by atoms with Gasteiger partial charge >= 0.3 is 0 Å². The Balaban J connectivity index is 2.23. The van der Waals surface area contributed by atoms with Crippen molar-refractivity contribution in [1.29, 1.82) is 0 Å². The van der Waals surface area contributed by atoms with Gasteiger partial charge < -0.3 is 10.8 Å². The molecule has 0 saturated carbocycles. The Bertz CT molecular complexity index is 471. The molecule has 1 aromatic carbocycles. The Kier molecular flexibility index (Phi) is 4.10. The van der Waals surface area contributed by atoms with Crippen molar-refractivity contribution in [3.05, 3.63) is 29.3 Å². The first-order chi connectivity index (χ1) is 8.99. The largest absolute Gasteiger partial charge is 0.508 e. The van der Waals surface area contributed by atoms with Crippen molar-refractivity contribution < 1.29 is 9.90 Å².